The van der Waals surface area contributed by atoms with Gasteiger partial charge in [-0.05, 0) is 43.2 Å². The van der Waals surface area contributed by atoms with Crippen LogP contribution in [0.25, 0.3) is 10.6 Å². The molecule has 1 N–H and O–H groups in total. The molecule has 5 heteroatoms. The Labute approximate surface area is 150 Å². The van der Waals surface area contributed by atoms with Gasteiger partial charge in [-0.2, -0.15) is 0 Å². The van der Waals surface area contributed by atoms with Crippen LogP contribution in [0, 0.1) is 6.92 Å². The van der Waals surface area contributed by atoms with Crippen LogP contribution in [0.1, 0.15) is 33.4 Å². The standard InChI is InChI=1S/C20H19NO3S/c1-3-17-18(20(22)23)25-19(21-17)15-8-10-16(11-9-15)24-12-14-6-4-13(2)5-7-14/h4-11H,3,12H2,1-2H3,(H,22,23). The van der Waals surface area contributed by atoms with Gasteiger partial charge in [0, 0.05) is 5.56 Å². The molecular weight excluding hydrogens is 334 g/mol. The van der Waals surface area contributed by atoms with Crippen molar-refractivity contribution in [2.75, 3.05) is 0 Å². The number of nitrogens with zero attached hydrogens (tertiary/aromatic N) is 1. The van der Waals surface area contributed by atoms with Crippen molar-refractivity contribution in [3.63, 3.8) is 0 Å². The molecule has 0 atom stereocenters. The molecule has 1 heterocycles. The third-order valence-electron chi connectivity index (χ3n) is 3.85. The van der Waals surface area contributed by atoms with Gasteiger partial charge in [0.05, 0.1) is 5.69 Å². The first-order valence-electron chi connectivity index (χ1n) is 8.08. The molecule has 1 aromatic heterocycles. The van der Waals surface area contributed by atoms with Gasteiger partial charge in [-0.25, -0.2) is 9.78 Å². The van der Waals surface area contributed by atoms with Crippen molar-refractivity contribution in [1.82, 2.24) is 4.98 Å². The van der Waals surface area contributed by atoms with Gasteiger partial charge in [0.15, 0.2) is 0 Å². The highest BCUT2D eigenvalue weighted by molar-refractivity contribution is 7.17. The Balaban J connectivity index is 1.71. The first-order valence-corrected chi connectivity index (χ1v) is 8.90. The van der Waals surface area contributed by atoms with Crippen LogP contribution in [0.3, 0.4) is 0 Å². The summed E-state index contributed by atoms with van der Waals surface area (Å²) in [6.45, 7) is 4.48. The molecule has 0 radical (unpaired) electrons. The van der Waals surface area contributed by atoms with E-state index in [1.807, 2.05) is 31.2 Å². The average molecular weight is 353 g/mol. The lowest BCUT2D eigenvalue weighted by molar-refractivity contribution is 0.0701. The summed E-state index contributed by atoms with van der Waals surface area (Å²) in [5, 5.41) is 9.97. The average Bonchev–Trinajstić information content (AvgIpc) is 3.06. The third kappa shape index (κ3) is 4.06. The van der Waals surface area contributed by atoms with Crippen molar-refractivity contribution in [1.29, 1.82) is 0 Å². The zero-order valence-electron chi connectivity index (χ0n) is 14.2. The molecule has 25 heavy (non-hydrogen) atoms. The molecule has 4 nitrogen and oxygen atoms in total. The molecular formula is C20H19NO3S. The number of ether oxygens (including phenoxy) is 1. The fourth-order valence-electron chi connectivity index (χ4n) is 2.43. The fourth-order valence-corrected chi connectivity index (χ4v) is 3.42. The molecule has 3 rings (SSSR count). The summed E-state index contributed by atoms with van der Waals surface area (Å²) in [6.07, 6.45) is 0.607. The van der Waals surface area contributed by atoms with E-state index in [1.54, 1.807) is 0 Å². The van der Waals surface area contributed by atoms with E-state index in [9.17, 15) is 9.90 Å². The summed E-state index contributed by atoms with van der Waals surface area (Å²) >= 11 is 1.21. The smallest absolute Gasteiger partial charge is 0.347 e. The van der Waals surface area contributed by atoms with E-state index >= 15 is 0 Å². The maximum atomic E-state index is 11.3. The van der Waals surface area contributed by atoms with E-state index in [2.05, 4.69) is 36.2 Å². The maximum Gasteiger partial charge on any atom is 0.347 e. The summed E-state index contributed by atoms with van der Waals surface area (Å²) in [4.78, 5) is 16.0. The number of rotatable bonds is 6. The van der Waals surface area contributed by atoms with Gasteiger partial charge in [0.2, 0.25) is 0 Å². The van der Waals surface area contributed by atoms with E-state index in [0.29, 0.717) is 23.6 Å². The number of aryl methyl sites for hydroxylation is 2. The summed E-state index contributed by atoms with van der Waals surface area (Å²) < 4.78 is 5.80. The largest absolute Gasteiger partial charge is 0.489 e. The normalized spacial score (nSPS) is 10.6. The summed E-state index contributed by atoms with van der Waals surface area (Å²) in [5.74, 6) is -0.145. The van der Waals surface area contributed by atoms with Crippen LogP contribution in [0.2, 0.25) is 0 Å². The summed E-state index contributed by atoms with van der Waals surface area (Å²) in [7, 11) is 0. The van der Waals surface area contributed by atoms with Crippen LogP contribution >= 0.6 is 11.3 Å². The number of thiazole rings is 1. The fraction of sp³-hybridized carbons (Fsp3) is 0.200. The van der Waals surface area contributed by atoms with Crippen LogP contribution in [-0.4, -0.2) is 16.1 Å². The molecule has 0 saturated carbocycles. The Hall–Kier alpha value is -2.66. The van der Waals surface area contributed by atoms with Crippen molar-refractivity contribution < 1.29 is 14.6 Å². The minimum Gasteiger partial charge on any atom is -0.489 e. The van der Waals surface area contributed by atoms with E-state index in [1.165, 1.54) is 16.9 Å². The van der Waals surface area contributed by atoms with Crippen LogP contribution in [0.15, 0.2) is 48.5 Å². The van der Waals surface area contributed by atoms with Crippen molar-refractivity contribution in [2.24, 2.45) is 0 Å². The van der Waals surface area contributed by atoms with Gasteiger partial charge in [-0.1, -0.05) is 36.8 Å². The van der Waals surface area contributed by atoms with E-state index in [4.69, 9.17) is 4.74 Å². The Morgan fingerprint density at radius 2 is 1.80 bits per heavy atom. The molecule has 0 aliphatic rings. The van der Waals surface area contributed by atoms with Gasteiger partial charge in [-0.3, -0.25) is 0 Å². The van der Waals surface area contributed by atoms with E-state index in [-0.39, 0.29) is 0 Å². The lowest BCUT2D eigenvalue weighted by Gasteiger charge is -2.07. The van der Waals surface area contributed by atoms with Crippen molar-refractivity contribution in [3.8, 4) is 16.3 Å². The number of carboxylic acids is 1. The Bertz CT molecular complexity index is 867. The maximum absolute atomic E-state index is 11.3. The number of aromatic nitrogens is 1. The van der Waals surface area contributed by atoms with Crippen LogP contribution in [-0.2, 0) is 13.0 Å². The first-order chi connectivity index (χ1) is 12.1. The molecule has 0 saturated heterocycles. The quantitative estimate of drug-likeness (QED) is 0.680. The predicted molar refractivity (Wildman–Crippen MR) is 99.4 cm³/mol. The molecule has 0 aliphatic carbocycles. The molecule has 0 amide bonds. The summed E-state index contributed by atoms with van der Waals surface area (Å²) in [5.41, 5.74) is 3.87. The zero-order valence-corrected chi connectivity index (χ0v) is 15.0. The van der Waals surface area contributed by atoms with Gasteiger partial charge >= 0.3 is 5.97 Å². The van der Waals surface area contributed by atoms with Crippen LogP contribution in [0.4, 0.5) is 0 Å². The Kier molecular flexibility index (Phi) is 5.14. The molecule has 0 fully saturated rings. The molecule has 128 valence electrons. The molecule has 0 spiro atoms. The van der Waals surface area contributed by atoms with Gasteiger partial charge < -0.3 is 9.84 Å². The van der Waals surface area contributed by atoms with E-state index < -0.39 is 5.97 Å². The van der Waals surface area contributed by atoms with Gasteiger partial charge in [-0.15, -0.1) is 11.3 Å². The second-order valence-electron chi connectivity index (χ2n) is 5.75. The van der Waals surface area contributed by atoms with E-state index in [0.717, 1.165) is 21.9 Å². The molecule has 0 bridgehead atoms. The minimum absolute atomic E-state index is 0.317. The molecule has 0 aliphatic heterocycles. The number of hydrogen-bond donors (Lipinski definition) is 1. The number of benzene rings is 2. The summed E-state index contributed by atoms with van der Waals surface area (Å²) in [6, 6.07) is 15.8. The highest BCUT2D eigenvalue weighted by atomic mass is 32.1. The topological polar surface area (TPSA) is 59.4 Å². The number of carboxylic acid groups (broad SMARTS) is 1. The van der Waals surface area contributed by atoms with Crippen molar-refractivity contribution in [2.45, 2.75) is 26.9 Å². The van der Waals surface area contributed by atoms with Gasteiger partial charge in [0.25, 0.3) is 0 Å². The highest BCUT2D eigenvalue weighted by Gasteiger charge is 2.16. The van der Waals surface area contributed by atoms with Gasteiger partial charge in [0.1, 0.15) is 22.2 Å². The number of hydrogen-bond acceptors (Lipinski definition) is 4. The van der Waals surface area contributed by atoms with Crippen LogP contribution < -0.4 is 4.74 Å². The molecule has 0 unspecified atom stereocenters. The minimum atomic E-state index is -0.918. The first kappa shape index (κ1) is 17.2. The van der Waals surface area contributed by atoms with Crippen molar-refractivity contribution in [3.05, 3.63) is 70.2 Å². The molecule has 3 aromatic rings. The predicted octanol–water partition coefficient (Wildman–Crippen LogP) is 4.96. The van der Waals surface area contributed by atoms with Crippen molar-refractivity contribution >= 4 is 17.3 Å². The SMILES string of the molecule is CCc1nc(-c2ccc(OCc3ccc(C)cc3)cc2)sc1C(=O)O. The number of carbonyl (C=O) groups is 1. The highest BCUT2D eigenvalue weighted by Crippen LogP contribution is 2.30. The lowest BCUT2D eigenvalue weighted by Crippen LogP contribution is -1.97. The number of aromatic carboxylic acids is 1. The second kappa shape index (κ2) is 7.49. The lowest BCUT2D eigenvalue weighted by atomic mass is 10.2. The Morgan fingerprint density at radius 3 is 2.36 bits per heavy atom. The van der Waals surface area contributed by atoms with Crippen LogP contribution in [0.5, 0.6) is 5.75 Å². The second-order valence-corrected chi connectivity index (χ2v) is 6.75. The zero-order chi connectivity index (χ0) is 17.8. The Morgan fingerprint density at radius 1 is 1.12 bits per heavy atom. The molecule has 2 aromatic carbocycles. The monoisotopic (exact) mass is 353 g/mol. The third-order valence-corrected chi connectivity index (χ3v) is 4.99.